The summed E-state index contributed by atoms with van der Waals surface area (Å²) in [6, 6.07) is 0.0798. The average molecular weight is 282 g/mol. The van der Waals surface area contributed by atoms with Gasteiger partial charge in [-0.2, -0.15) is 0 Å². The van der Waals surface area contributed by atoms with E-state index in [1.54, 1.807) is 0 Å². The summed E-state index contributed by atoms with van der Waals surface area (Å²) in [7, 11) is 1.29. The monoisotopic (exact) mass is 282 g/mol. The van der Waals surface area contributed by atoms with Crippen LogP contribution in [-0.2, 0) is 22.5 Å². The van der Waals surface area contributed by atoms with Gasteiger partial charge in [0.05, 0.1) is 12.8 Å². The molecule has 0 bridgehead atoms. The van der Waals surface area contributed by atoms with Crippen LogP contribution in [0.4, 0.5) is 0 Å². The van der Waals surface area contributed by atoms with E-state index in [4.69, 9.17) is 0 Å². The van der Waals surface area contributed by atoms with E-state index in [0.717, 1.165) is 0 Å². The molecular weight excluding hydrogens is 260 g/mol. The summed E-state index contributed by atoms with van der Waals surface area (Å²) in [6.45, 7) is 7.94. The molecule has 20 heavy (non-hydrogen) atoms. The summed E-state index contributed by atoms with van der Waals surface area (Å²) in [5.41, 5.74) is 0.768. The SMILES string of the molecule is CCc1c(C(=O)OC)nnn1CC(=O)NC(C)C(C)C. The highest BCUT2D eigenvalue weighted by Crippen LogP contribution is 2.08. The lowest BCUT2D eigenvalue weighted by molar-refractivity contribution is -0.122. The second-order valence-corrected chi connectivity index (χ2v) is 4.99. The number of nitrogens with zero attached hydrogens (tertiary/aromatic N) is 3. The molecule has 0 saturated heterocycles. The number of hydrogen-bond acceptors (Lipinski definition) is 5. The normalized spacial score (nSPS) is 12.3. The van der Waals surface area contributed by atoms with E-state index in [-0.39, 0.29) is 24.2 Å². The maximum absolute atomic E-state index is 11.9. The average Bonchev–Trinajstić information content (AvgIpc) is 2.79. The van der Waals surface area contributed by atoms with Crippen molar-refractivity contribution < 1.29 is 14.3 Å². The Bertz CT molecular complexity index is 482. The second kappa shape index (κ2) is 7.02. The fourth-order valence-corrected chi connectivity index (χ4v) is 1.67. The molecule has 1 rings (SSSR count). The molecule has 0 aliphatic carbocycles. The van der Waals surface area contributed by atoms with E-state index in [1.165, 1.54) is 11.8 Å². The molecule has 0 aliphatic heterocycles. The lowest BCUT2D eigenvalue weighted by atomic mass is 10.1. The summed E-state index contributed by atoms with van der Waals surface area (Å²) in [5, 5.41) is 10.5. The van der Waals surface area contributed by atoms with Crippen LogP contribution in [0.15, 0.2) is 0 Å². The molecule has 1 atom stereocenters. The van der Waals surface area contributed by atoms with Crippen molar-refractivity contribution in [1.82, 2.24) is 20.3 Å². The van der Waals surface area contributed by atoms with E-state index in [9.17, 15) is 9.59 Å². The van der Waals surface area contributed by atoms with Crippen molar-refractivity contribution in [3.63, 3.8) is 0 Å². The highest BCUT2D eigenvalue weighted by atomic mass is 16.5. The molecule has 112 valence electrons. The highest BCUT2D eigenvalue weighted by Gasteiger charge is 2.20. The Morgan fingerprint density at radius 1 is 1.35 bits per heavy atom. The van der Waals surface area contributed by atoms with E-state index < -0.39 is 5.97 Å². The van der Waals surface area contributed by atoms with Crippen LogP contribution >= 0.6 is 0 Å². The van der Waals surface area contributed by atoms with Gasteiger partial charge >= 0.3 is 5.97 Å². The summed E-state index contributed by atoms with van der Waals surface area (Å²) in [4.78, 5) is 23.4. The topological polar surface area (TPSA) is 86.1 Å². The Kier molecular flexibility index (Phi) is 5.66. The number of amides is 1. The van der Waals surface area contributed by atoms with Gasteiger partial charge in [-0.05, 0) is 19.3 Å². The molecule has 1 amide bonds. The molecule has 1 N–H and O–H groups in total. The largest absolute Gasteiger partial charge is 0.464 e. The minimum absolute atomic E-state index is 0.0459. The second-order valence-electron chi connectivity index (χ2n) is 4.99. The van der Waals surface area contributed by atoms with Gasteiger partial charge < -0.3 is 10.1 Å². The fourth-order valence-electron chi connectivity index (χ4n) is 1.67. The summed E-state index contributed by atoms with van der Waals surface area (Å²) >= 11 is 0. The van der Waals surface area contributed by atoms with Crippen molar-refractivity contribution in [1.29, 1.82) is 0 Å². The van der Waals surface area contributed by atoms with Crippen molar-refractivity contribution in [3.8, 4) is 0 Å². The zero-order valence-electron chi connectivity index (χ0n) is 12.6. The summed E-state index contributed by atoms with van der Waals surface area (Å²) < 4.78 is 6.08. The Hall–Kier alpha value is -1.92. The van der Waals surface area contributed by atoms with Crippen molar-refractivity contribution >= 4 is 11.9 Å². The molecule has 0 aromatic carbocycles. The van der Waals surface area contributed by atoms with E-state index in [1.807, 2.05) is 27.7 Å². The van der Waals surface area contributed by atoms with Gasteiger partial charge in [-0.25, -0.2) is 9.48 Å². The standard InChI is InChI=1S/C13H22N4O3/c1-6-10-12(13(19)20-5)15-16-17(10)7-11(18)14-9(4)8(2)3/h8-9H,6-7H2,1-5H3,(H,14,18). The van der Waals surface area contributed by atoms with Crippen LogP contribution in [0.5, 0.6) is 0 Å². The number of rotatable bonds is 6. The van der Waals surface area contributed by atoms with Crippen molar-refractivity contribution in [2.45, 2.75) is 46.7 Å². The third-order valence-electron chi connectivity index (χ3n) is 3.23. The number of aromatic nitrogens is 3. The zero-order chi connectivity index (χ0) is 15.3. The molecule has 0 aliphatic rings. The summed E-state index contributed by atoms with van der Waals surface area (Å²) in [5.74, 6) is -0.336. The Balaban J connectivity index is 2.80. The molecule has 1 aromatic heterocycles. The molecule has 7 nitrogen and oxygen atoms in total. The van der Waals surface area contributed by atoms with Crippen molar-refractivity contribution in [3.05, 3.63) is 11.4 Å². The van der Waals surface area contributed by atoms with Gasteiger partial charge in [-0.3, -0.25) is 4.79 Å². The zero-order valence-corrected chi connectivity index (χ0v) is 12.6. The first-order valence-electron chi connectivity index (χ1n) is 6.70. The Labute approximate surface area is 118 Å². The van der Waals surface area contributed by atoms with E-state index in [0.29, 0.717) is 18.0 Å². The number of nitrogens with one attached hydrogen (secondary N) is 1. The van der Waals surface area contributed by atoms with Crippen molar-refractivity contribution in [2.75, 3.05) is 7.11 Å². The minimum atomic E-state index is -0.538. The number of hydrogen-bond donors (Lipinski definition) is 1. The first-order valence-corrected chi connectivity index (χ1v) is 6.70. The van der Waals surface area contributed by atoms with Crippen LogP contribution in [-0.4, -0.2) is 40.0 Å². The predicted molar refractivity (Wildman–Crippen MR) is 73.2 cm³/mol. The van der Waals surface area contributed by atoms with Crippen LogP contribution < -0.4 is 5.32 Å². The Morgan fingerprint density at radius 2 is 2.00 bits per heavy atom. The number of carbonyl (C=O) groups excluding carboxylic acids is 2. The molecule has 1 heterocycles. The lowest BCUT2D eigenvalue weighted by Gasteiger charge is -2.17. The van der Waals surface area contributed by atoms with Crippen LogP contribution in [0.2, 0.25) is 0 Å². The van der Waals surface area contributed by atoms with Gasteiger partial charge in [-0.1, -0.05) is 26.0 Å². The predicted octanol–water partition coefficient (Wildman–Crippen LogP) is 0.788. The van der Waals surface area contributed by atoms with Crippen LogP contribution in [0.1, 0.15) is 43.9 Å². The van der Waals surface area contributed by atoms with Gasteiger partial charge in [-0.15, -0.1) is 5.10 Å². The van der Waals surface area contributed by atoms with Gasteiger partial charge in [0.1, 0.15) is 6.54 Å². The molecule has 1 unspecified atom stereocenters. The van der Waals surface area contributed by atoms with Crippen LogP contribution in [0.25, 0.3) is 0 Å². The maximum Gasteiger partial charge on any atom is 0.360 e. The maximum atomic E-state index is 11.9. The van der Waals surface area contributed by atoms with Gasteiger partial charge in [0.15, 0.2) is 5.69 Å². The molecule has 0 radical (unpaired) electrons. The third-order valence-corrected chi connectivity index (χ3v) is 3.23. The smallest absolute Gasteiger partial charge is 0.360 e. The number of esters is 1. The Morgan fingerprint density at radius 3 is 2.50 bits per heavy atom. The summed E-state index contributed by atoms with van der Waals surface area (Å²) in [6.07, 6.45) is 0.546. The third kappa shape index (κ3) is 3.79. The quantitative estimate of drug-likeness (QED) is 0.779. The highest BCUT2D eigenvalue weighted by molar-refractivity contribution is 5.88. The first-order chi connectivity index (χ1) is 9.40. The molecular formula is C13H22N4O3. The number of carbonyl (C=O) groups is 2. The van der Waals surface area contributed by atoms with Gasteiger partial charge in [0, 0.05) is 6.04 Å². The fraction of sp³-hybridized carbons (Fsp3) is 0.692. The molecule has 0 spiro atoms. The number of ether oxygens (including phenoxy) is 1. The van der Waals surface area contributed by atoms with Crippen molar-refractivity contribution in [2.24, 2.45) is 5.92 Å². The van der Waals surface area contributed by atoms with Crippen LogP contribution in [0.3, 0.4) is 0 Å². The molecule has 1 aromatic rings. The van der Waals surface area contributed by atoms with E-state index in [2.05, 4.69) is 20.4 Å². The van der Waals surface area contributed by atoms with Gasteiger partial charge in [0.2, 0.25) is 5.91 Å². The van der Waals surface area contributed by atoms with Crippen LogP contribution in [0, 0.1) is 5.92 Å². The van der Waals surface area contributed by atoms with Gasteiger partial charge in [0.25, 0.3) is 0 Å². The van der Waals surface area contributed by atoms with E-state index >= 15 is 0 Å². The lowest BCUT2D eigenvalue weighted by Crippen LogP contribution is -2.38. The molecule has 0 saturated carbocycles. The molecule has 0 fully saturated rings. The number of methoxy groups -OCH3 is 1. The first kappa shape index (κ1) is 16.1. The minimum Gasteiger partial charge on any atom is -0.464 e. The molecule has 7 heteroatoms.